The number of aryl methyl sites for hydroxylation is 1. The molecule has 0 unspecified atom stereocenters. The van der Waals surface area contributed by atoms with E-state index in [2.05, 4.69) is 10.3 Å². The highest BCUT2D eigenvalue weighted by molar-refractivity contribution is 5.90. The van der Waals surface area contributed by atoms with Gasteiger partial charge in [0, 0.05) is 5.69 Å². The molecule has 1 aromatic heterocycles. The van der Waals surface area contributed by atoms with Crippen molar-refractivity contribution >= 4 is 11.6 Å². The first-order chi connectivity index (χ1) is 9.63. The number of nitrogens with zero attached hydrogens (tertiary/aromatic N) is 4. The van der Waals surface area contributed by atoms with E-state index in [4.69, 9.17) is 10.5 Å². The molecule has 0 aliphatic rings. The number of amides is 1. The lowest BCUT2D eigenvalue weighted by atomic mass is 10.2. The maximum atomic E-state index is 11.9. The predicted octanol–water partition coefficient (Wildman–Crippen LogP) is 1.57. The summed E-state index contributed by atoms with van der Waals surface area (Å²) in [6.45, 7) is 1.89. The predicted molar refractivity (Wildman–Crippen MR) is 71.5 cm³/mol. The van der Waals surface area contributed by atoms with Gasteiger partial charge in [-0.05, 0) is 19.1 Å². The van der Waals surface area contributed by atoms with Crippen molar-refractivity contribution in [2.75, 3.05) is 5.32 Å². The number of hydrogen-bond acceptors (Lipinski definition) is 4. The molecule has 0 spiro atoms. The van der Waals surface area contributed by atoms with Crippen molar-refractivity contribution in [1.29, 1.82) is 10.5 Å². The van der Waals surface area contributed by atoms with Gasteiger partial charge in [-0.25, -0.2) is 4.98 Å². The van der Waals surface area contributed by atoms with Crippen LogP contribution in [0.5, 0.6) is 0 Å². The van der Waals surface area contributed by atoms with Crippen molar-refractivity contribution in [3.63, 3.8) is 0 Å². The summed E-state index contributed by atoms with van der Waals surface area (Å²) >= 11 is 0. The quantitative estimate of drug-likeness (QED) is 0.911. The Labute approximate surface area is 115 Å². The van der Waals surface area contributed by atoms with Crippen LogP contribution in [0.25, 0.3) is 0 Å². The number of hydrogen-bond donors (Lipinski definition) is 1. The molecule has 0 radical (unpaired) electrons. The maximum absolute atomic E-state index is 11.9. The third-order valence-electron chi connectivity index (χ3n) is 2.70. The summed E-state index contributed by atoms with van der Waals surface area (Å²) in [5.41, 5.74) is 1.89. The highest BCUT2D eigenvalue weighted by atomic mass is 16.1. The number of anilines is 1. The topological polar surface area (TPSA) is 94.5 Å². The van der Waals surface area contributed by atoms with Gasteiger partial charge in [0.1, 0.15) is 18.7 Å². The van der Waals surface area contributed by atoms with Gasteiger partial charge in [0.25, 0.3) is 0 Å². The number of nitrogens with one attached hydrogen (secondary N) is 1. The number of imidazole rings is 1. The van der Waals surface area contributed by atoms with Crippen LogP contribution in [0.15, 0.2) is 30.6 Å². The maximum Gasteiger partial charge on any atom is 0.244 e. The largest absolute Gasteiger partial charge is 0.325 e. The molecule has 0 saturated heterocycles. The number of carbonyl (C=O) groups is 1. The summed E-state index contributed by atoms with van der Waals surface area (Å²) in [7, 11) is 0. The van der Waals surface area contributed by atoms with Crippen LogP contribution in [0, 0.1) is 29.6 Å². The van der Waals surface area contributed by atoms with E-state index >= 15 is 0 Å². The Morgan fingerprint density at radius 2 is 2.00 bits per heavy atom. The van der Waals surface area contributed by atoms with Gasteiger partial charge in [-0.15, -0.1) is 0 Å². The second-order valence-electron chi connectivity index (χ2n) is 4.21. The van der Waals surface area contributed by atoms with E-state index in [9.17, 15) is 4.79 Å². The number of benzene rings is 1. The van der Waals surface area contributed by atoms with Crippen molar-refractivity contribution in [2.45, 2.75) is 13.5 Å². The normalized spacial score (nSPS) is 9.55. The van der Waals surface area contributed by atoms with Crippen LogP contribution in [0.1, 0.15) is 17.0 Å². The average Bonchev–Trinajstić information content (AvgIpc) is 2.83. The molecule has 2 aromatic rings. The van der Waals surface area contributed by atoms with Gasteiger partial charge >= 0.3 is 0 Å². The van der Waals surface area contributed by atoms with Gasteiger partial charge in [-0.3, -0.25) is 4.79 Å². The van der Waals surface area contributed by atoms with Crippen molar-refractivity contribution < 1.29 is 4.79 Å². The first-order valence-corrected chi connectivity index (χ1v) is 5.86. The van der Waals surface area contributed by atoms with Crippen molar-refractivity contribution in [3.8, 4) is 12.1 Å². The molecule has 20 heavy (non-hydrogen) atoms. The Kier molecular flexibility index (Phi) is 3.78. The standard InChI is InChI=1S/C14H11N5O/c1-10-2-4-11(5-3-10)18-14(20)8-19-9-17-12(6-15)13(19)7-16/h2-5,9H,8H2,1H3,(H,18,20). The van der Waals surface area contributed by atoms with Gasteiger partial charge in [0.15, 0.2) is 11.4 Å². The van der Waals surface area contributed by atoms with E-state index in [0.29, 0.717) is 5.69 Å². The minimum absolute atomic E-state index is 0.0237. The molecule has 2 rings (SSSR count). The molecule has 0 atom stereocenters. The van der Waals surface area contributed by atoms with Crippen molar-refractivity contribution in [1.82, 2.24) is 9.55 Å². The van der Waals surface area contributed by atoms with Gasteiger partial charge < -0.3 is 9.88 Å². The van der Waals surface area contributed by atoms with Crippen LogP contribution in [0.3, 0.4) is 0 Å². The highest BCUT2D eigenvalue weighted by Crippen LogP contribution is 2.10. The van der Waals surface area contributed by atoms with Crippen molar-refractivity contribution in [2.24, 2.45) is 0 Å². The fraction of sp³-hybridized carbons (Fsp3) is 0.143. The zero-order valence-corrected chi connectivity index (χ0v) is 10.8. The Balaban J connectivity index is 2.09. The fourth-order valence-electron chi connectivity index (χ4n) is 1.69. The van der Waals surface area contributed by atoms with E-state index < -0.39 is 0 Å². The second-order valence-corrected chi connectivity index (χ2v) is 4.21. The lowest BCUT2D eigenvalue weighted by Crippen LogP contribution is -2.19. The average molecular weight is 265 g/mol. The van der Waals surface area contributed by atoms with E-state index in [1.165, 1.54) is 10.9 Å². The Hall–Kier alpha value is -3.12. The Morgan fingerprint density at radius 3 is 2.60 bits per heavy atom. The van der Waals surface area contributed by atoms with E-state index in [0.717, 1.165) is 5.56 Å². The molecular weight excluding hydrogens is 254 g/mol. The number of carbonyl (C=O) groups excluding carboxylic acids is 1. The molecule has 6 heteroatoms. The van der Waals surface area contributed by atoms with Gasteiger partial charge in [0.2, 0.25) is 5.91 Å². The summed E-state index contributed by atoms with van der Waals surface area (Å²) in [6, 6.07) is 11.1. The monoisotopic (exact) mass is 265 g/mol. The lowest BCUT2D eigenvalue weighted by Gasteiger charge is -2.06. The second kappa shape index (κ2) is 5.68. The van der Waals surface area contributed by atoms with Gasteiger partial charge in [0.05, 0.1) is 6.33 Å². The smallest absolute Gasteiger partial charge is 0.244 e. The molecule has 1 heterocycles. The van der Waals surface area contributed by atoms with Crippen LogP contribution < -0.4 is 5.32 Å². The third-order valence-corrected chi connectivity index (χ3v) is 2.70. The minimum atomic E-state index is -0.285. The molecule has 1 amide bonds. The molecule has 1 aromatic carbocycles. The van der Waals surface area contributed by atoms with Crippen LogP contribution in [-0.2, 0) is 11.3 Å². The van der Waals surface area contributed by atoms with E-state index in [-0.39, 0.29) is 23.8 Å². The summed E-state index contributed by atoms with van der Waals surface area (Å²) in [4.78, 5) is 15.7. The molecular formula is C14H11N5O. The van der Waals surface area contributed by atoms with E-state index in [1.54, 1.807) is 12.1 Å². The zero-order valence-electron chi connectivity index (χ0n) is 10.8. The molecule has 6 nitrogen and oxygen atoms in total. The summed E-state index contributed by atoms with van der Waals surface area (Å²) in [5, 5.41) is 20.5. The first kappa shape index (κ1) is 13.3. The molecule has 0 aliphatic carbocycles. The van der Waals surface area contributed by atoms with Crippen LogP contribution >= 0.6 is 0 Å². The Morgan fingerprint density at radius 1 is 1.30 bits per heavy atom. The number of aromatic nitrogens is 2. The molecule has 0 aliphatic heterocycles. The minimum Gasteiger partial charge on any atom is -0.325 e. The SMILES string of the molecule is Cc1ccc(NC(=O)Cn2cnc(C#N)c2C#N)cc1. The molecule has 0 bridgehead atoms. The fourth-order valence-corrected chi connectivity index (χ4v) is 1.69. The van der Waals surface area contributed by atoms with Crippen molar-refractivity contribution in [3.05, 3.63) is 47.5 Å². The molecule has 0 saturated carbocycles. The summed E-state index contributed by atoms with van der Waals surface area (Å²) in [6.07, 6.45) is 1.31. The van der Waals surface area contributed by atoms with Gasteiger partial charge in [-0.2, -0.15) is 10.5 Å². The number of rotatable bonds is 3. The lowest BCUT2D eigenvalue weighted by molar-refractivity contribution is -0.116. The summed E-state index contributed by atoms with van der Waals surface area (Å²) in [5.74, 6) is -0.285. The van der Waals surface area contributed by atoms with E-state index in [1.807, 2.05) is 31.2 Å². The zero-order chi connectivity index (χ0) is 14.5. The van der Waals surface area contributed by atoms with Crippen LogP contribution in [0.4, 0.5) is 5.69 Å². The molecule has 0 fully saturated rings. The highest BCUT2D eigenvalue weighted by Gasteiger charge is 2.12. The third kappa shape index (κ3) is 2.82. The Bertz CT molecular complexity index is 716. The van der Waals surface area contributed by atoms with Gasteiger partial charge in [-0.1, -0.05) is 17.7 Å². The first-order valence-electron chi connectivity index (χ1n) is 5.86. The number of nitriles is 2. The van der Waals surface area contributed by atoms with Crippen LogP contribution in [0.2, 0.25) is 0 Å². The molecule has 1 N–H and O–H groups in total. The molecule has 98 valence electrons. The van der Waals surface area contributed by atoms with Crippen LogP contribution in [-0.4, -0.2) is 15.5 Å². The summed E-state index contributed by atoms with van der Waals surface area (Å²) < 4.78 is 1.35.